The van der Waals surface area contributed by atoms with Gasteiger partial charge in [0.15, 0.2) is 0 Å². The molecule has 0 heterocycles. The highest BCUT2D eigenvalue weighted by molar-refractivity contribution is 7.89. The molecule has 0 spiro atoms. The molecule has 8 heteroatoms. The molecule has 4 rings (SSSR count). The number of benzene rings is 4. The average Bonchev–Trinajstić information content (AvgIpc) is 2.85. The van der Waals surface area contributed by atoms with Crippen LogP contribution >= 0.6 is 0 Å². The molecule has 0 unspecified atom stereocenters. The fraction of sp³-hybridized carbons (Fsp3) is 0.0769. The zero-order valence-corrected chi connectivity index (χ0v) is 19.2. The Morgan fingerprint density at radius 3 is 2.21 bits per heavy atom. The number of ether oxygens (including phenoxy) is 1. The first-order valence-electron chi connectivity index (χ1n) is 10.5. The zero-order chi connectivity index (χ0) is 24.1. The number of rotatable bonds is 7. The van der Waals surface area contributed by atoms with Gasteiger partial charge in [0.25, 0.3) is 5.91 Å². The molecule has 0 aliphatic rings. The molecule has 0 atom stereocenters. The number of nitrogens with one attached hydrogen (secondary N) is 1. The molecule has 1 amide bonds. The predicted molar refractivity (Wildman–Crippen MR) is 132 cm³/mol. The molecule has 0 aromatic heterocycles. The van der Waals surface area contributed by atoms with Crippen LogP contribution < -0.4 is 15.3 Å². The van der Waals surface area contributed by atoms with E-state index in [-0.39, 0.29) is 10.8 Å². The number of primary sulfonamides is 1. The Morgan fingerprint density at radius 2 is 1.53 bits per heavy atom. The smallest absolute Gasteiger partial charge is 0.271 e. The lowest BCUT2D eigenvalue weighted by molar-refractivity contribution is 0.0954. The maximum Gasteiger partial charge on any atom is 0.271 e. The molecule has 0 saturated heterocycles. The van der Waals surface area contributed by atoms with Crippen molar-refractivity contribution in [2.24, 2.45) is 10.2 Å². The number of sulfonamides is 1. The van der Waals surface area contributed by atoms with E-state index in [0.717, 1.165) is 22.1 Å². The molecule has 4 aromatic carbocycles. The van der Waals surface area contributed by atoms with Crippen LogP contribution in [-0.2, 0) is 16.6 Å². The summed E-state index contributed by atoms with van der Waals surface area (Å²) in [5.41, 5.74) is 5.08. The van der Waals surface area contributed by atoms with Crippen molar-refractivity contribution in [3.63, 3.8) is 0 Å². The molecule has 3 N–H and O–H groups in total. The minimum Gasteiger partial charge on any atom is -0.489 e. The summed E-state index contributed by atoms with van der Waals surface area (Å²) < 4.78 is 28.6. The van der Waals surface area contributed by atoms with Gasteiger partial charge in [-0.2, -0.15) is 5.10 Å². The number of fused-ring (bicyclic) bond motifs is 1. The van der Waals surface area contributed by atoms with Gasteiger partial charge in [0.05, 0.1) is 10.6 Å². The van der Waals surface area contributed by atoms with E-state index in [9.17, 15) is 13.2 Å². The van der Waals surface area contributed by atoms with E-state index in [0.29, 0.717) is 23.4 Å². The molecule has 0 radical (unpaired) electrons. The van der Waals surface area contributed by atoms with Crippen LogP contribution in [0.25, 0.3) is 10.8 Å². The lowest BCUT2D eigenvalue weighted by atomic mass is 10.1. The summed E-state index contributed by atoms with van der Waals surface area (Å²) in [6.45, 7) is 2.09. The molecular weight excluding hydrogens is 450 g/mol. The number of hydrazone groups is 1. The number of nitrogens with zero attached hydrogens (tertiary/aromatic N) is 1. The van der Waals surface area contributed by atoms with Gasteiger partial charge in [-0.25, -0.2) is 19.0 Å². The van der Waals surface area contributed by atoms with E-state index in [2.05, 4.69) is 16.6 Å². The van der Waals surface area contributed by atoms with Gasteiger partial charge in [0.2, 0.25) is 10.0 Å². The first-order chi connectivity index (χ1) is 16.3. The molecule has 0 fully saturated rings. The van der Waals surface area contributed by atoms with Gasteiger partial charge in [-0.05, 0) is 65.2 Å². The summed E-state index contributed by atoms with van der Waals surface area (Å²) in [7, 11) is -3.76. The van der Waals surface area contributed by atoms with E-state index in [4.69, 9.17) is 9.88 Å². The van der Waals surface area contributed by atoms with Crippen LogP contribution in [0.1, 0.15) is 28.4 Å². The molecule has 4 aromatic rings. The van der Waals surface area contributed by atoms with Crippen molar-refractivity contribution in [2.75, 3.05) is 0 Å². The maximum absolute atomic E-state index is 12.4. The van der Waals surface area contributed by atoms with Gasteiger partial charge in [-0.15, -0.1) is 0 Å². The Bertz CT molecular complexity index is 1460. The summed E-state index contributed by atoms with van der Waals surface area (Å²) >= 11 is 0. The quantitative estimate of drug-likeness (QED) is 0.309. The highest BCUT2D eigenvalue weighted by atomic mass is 32.2. The van der Waals surface area contributed by atoms with E-state index in [1.165, 1.54) is 12.1 Å². The third kappa shape index (κ3) is 5.67. The first-order valence-corrected chi connectivity index (χ1v) is 12.0. The average molecular weight is 474 g/mol. The minimum absolute atomic E-state index is 0.0118. The molecule has 7 nitrogen and oxygen atoms in total. The summed E-state index contributed by atoms with van der Waals surface area (Å²) in [4.78, 5) is 12.4. The molecular formula is C26H23N3O4S. The van der Waals surface area contributed by atoms with Crippen molar-refractivity contribution < 1.29 is 17.9 Å². The molecule has 0 bridgehead atoms. The van der Waals surface area contributed by atoms with E-state index in [1.54, 1.807) is 31.2 Å². The fourth-order valence-corrected chi connectivity index (χ4v) is 3.84. The maximum atomic E-state index is 12.4. The summed E-state index contributed by atoms with van der Waals surface area (Å²) in [6.07, 6.45) is 0. The van der Waals surface area contributed by atoms with Crippen LogP contribution in [0.4, 0.5) is 0 Å². The number of nitrogens with two attached hydrogens (primary N) is 1. The summed E-state index contributed by atoms with van der Waals surface area (Å²) in [5.74, 6) is 0.421. The normalized spacial score (nSPS) is 11.9. The highest BCUT2D eigenvalue weighted by Gasteiger charge is 2.09. The second-order valence-electron chi connectivity index (χ2n) is 7.70. The Morgan fingerprint density at radius 1 is 0.882 bits per heavy atom. The monoisotopic (exact) mass is 473 g/mol. The third-order valence-corrected chi connectivity index (χ3v) is 6.20. The predicted octanol–water partition coefficient (Wildman–Crippen LogP) is 4.22. The third-order valence-electron chi connectivity index (χ3n) is 5.27. The number of carbonyl (C=O) groups is 1. The van der Waals surface area contributed by atoms with Gasteiger partial charge in [0, 0.05) is 5.56 Å². The second kappa shape index (κ2) is 9.86. The van der Waals surface area contributed by atoms with Crippen molar-refractivity contribution in [1.82, 2.24) is 5.43 Å². The first kappa shape index (κ1) is 23.2. The van der Waals surface area contributed by atoms with Crippen LogP contribution in [0.15, 0.2) is 101 Å². The molecule has 0 aliphatic heterocycles. The van der Waals surface area contributed by atoms with Gasteiger partial charge in [-0.1, -0.05) is 54.6 Å². The van der Waals surface area contributed by atoms with E-state index in [1.807, 2.05) is 48.5 Å². The van der Waals surface area contributed by atoms with Gasteiger partial charge in [0.1, 0.15) is 12.4 Å². The number of hydrogen-bond acceptors (Lipinski definition) is 5. The standard InChI is InChI=1S/C26H23N3O4S/c1-18(20-11-14-25(15-12-20)34(27,31)32)28-29-26(30)22-8-6-19(7-9-22)17-33-24-13-10-21-4-2-3-5-23(21)16-24/h2-16H,17H2,1H3,(H,29,30)(H2,27,31,32)/b28-18+. The van der Waals surface area contributed by atoms with Crippen molar-refractivity contribution in [2.45, 2.75) is 18.4 Å². The largest absolute Gasteiger partial charge is 0.489 e. The van der Waals surface area contributed by atoms with Crippen molar-refractivity contribution >= 4 is 32.4 Å². The zero-order valence-electron chi connectivity index (χ0n) is 18.4. The molecule has 0 saturated carbocycles. The lowest BCUT2D eigenvalue weighted by Crippen LogP contribution is -2.19. The second-order valence-corrected chi connectivity index (χ2v) is 9.26. The minimum atomic E-state index is -3.76. The Kier molecular flexibility index (Phi) is 6.72. The topological polar surface area (TPSA) is 111 Å². The van der Waals surface area contributed by atoms with Gasteiger partial charge in [-0.3, -0.25) is 4.79 Å². The molecule has 172 valence electrons. The summed E-state index contributed by atoms with van der Waals surface area (Å²) in [5, 5.41) is 11.5. The Balaban J connectivity index is 1.34. The Labute approximate surface area is 197 Å². The van der Waals surface area contributed by atoms with Crippen LogP contribution in [0.5, 0.6) is 5.75 Å². The molecule has 34 heavy (non-hydrogen) atoms. The van der Waals surface area contributed by atoms with E-state index < -0.39 is 10.0 Å². The van der Waals surface area contributed by atoms with Crippen molar-refractivity contribution in [1.29, 1.82) is 0 Å². The van der Waals surface area contributed by atoms with E-state index >= 15 is 0 Å². The number of hydrogen-bond donors (Lipinski definition) is 2. The molecule has 0 aliphatic carbocycles. The van der Waals surface area contributed by atoms with Crippen molar-refractivity contribution in [3.05, 3.63) is 108 Å². The summed E-state index contributed by atoms with van der Waals surface area (Å²) in [6, 6.07) is 27.1. The van der Waals surface area contributed by atoms with Crippen LogP contribution in [-0.4, -0.2) is 20.0 Å². The number of amides is 1. The highest BCUT2D eigenvalue weighted by Crippen LogP contribution is 2.21. The van der Waals surface area contributed by atoms with Crippen LogP contribution in [0.2, 0.25) is 0 Å². The lowest BCUT2D eigenvalue weighted by Gasteiger charge is -2.08. The fourth-order valence-electron chi connectivity index (χ4n) is 3.33. The number of carbonyl (C=O) groups excluding carboxylic acids is 1. The van der Waals surface area contributed by atoms with Crippen LogP contribution in [0.3, 0.4) is 0 Å². The van der Waals surface area contributed by atoms with Crippen LogP contribution in [0, 0.1) is 0 Å². The van der Waals surface area contributed by atoms with Crippen molar-refractivity contribution in [3.8, 4) is 5.75 Å². The SMILES string of the molecule is C/C(=N\NC(=O)c1ccc(COc2ccc3ccccc3c2)cc1)c1ccc(S(N)(=O)=O)cc1. The Hall–Kier alpha value is -4.01. The van der Waals surface area contributed by atoms with Gasteiger partial charge < -0.3 is 4.74 Å². The van der Waals surface area contributed by atoms with Gasteiger partial charge >= 0.3 is 0 Å².